The zero-order chi connectivity index (χ0) is 14.8. The Morgan fingerprint density at radius 1 is 1.45 bits per heavy atom. The fourth-order valence-electron chi connectivity index (χ4n) is 2.19. The van der Waals surface area contributed by atoms with Crippen LogP contribution in [0.25, 0.3) is 0 Å². The highest BCUT2D eigenvalue weighted by molar-refractivity contribution is 6.30. The van der Waals surface area contributed by atoms with Crippen LogP contribution in [0.15, 0.2) is 12.4 Å². The van der Waals surface area contributed by atoms with Crippen LogP contribution in [0.2, 0.25) is 5.02 Å². The van der Waals surface area contributed by atoms with Crippen molar-refractivity contribution in [3.05, 3.63) is 23.2 Å². The largest absolute Gasteiger partial charge is 0.444 e. The van der Waals surface area contributed by atoms with E-state index in [-0.39, 0.29) is 6.09 Å². The van der Waals surface area contributed by atoms with Crippen LogP contribution in [0.4, 0.5) is 4.79 Å². The van der Waals surface area contributed by atoms with Crippen LogP contribution in [0.5, 0.6) is 0 Å². The molecule has 1 aromatic heterocycles. The topological polar surface area (TPSA) is 55.3 Å². The second-order valence-electron chi connectivity index (χ2n) is 6.10. The van der Waals surface area contributed by atoms with E-state index < -0.39 is 5.60 Å². The van der Waals surface area contributed by atoms with Crippen molar-refractivity contribution >= 4 is 17.7 Å². The minimum atomic E-state index is -0.450. The van der Waals surface area contributed by atoms with Crippen molar-refractivity contribution in [2.75, 3.05) is 13.1 Å². The molecular weight excluding hydrogens is 278 g/mol. The van der Waals surface area contributed by atoms with Gasteiger partial charge >= 0.3 is 6.09 Å². The maximum Gasteiger partial charge on any atom is 0.410 e. The lowest BCUT2D eigenvalue weighted by molar-refractivity contribution is 0.0288. The molecule has 1 saturated heterocycles. The van der Waals surface area contributed by atoms with E-state index in [1.807, 2.05) is 20.8 Å². The number of hydrogen-bond acceptors (Lipinski definition) is 4. The van der Waals surface area contributed by atoms with Crippen molar-refractivity contribution in [1.82, 2.24) is 14.9 Å². The zero-order valence-corrected chi connectivity index (χ0v) is 12.9. The van der Waals surface area contributed by atoms with Crippen LogP contribution < -0.4 is 0 Å². The summed E-state index contributed by atoms with van der Waals surface area (Å²) in [6.45, 7) is 7.05. The summed E-state index contributed by atoms with van der Waals surface area (Å²) in [7, 11) is 0. The molecule has 0 N–H and O–H groups in total. The first-order chi connectivity index (χ1) is 9.33. The number of amides is 1. The molecule has 1 amide bonds. The maximum absolute atomic E-state index is 12.0. The fraction of sp³-hybridized carbons (Fsp3) is 0.643. The molecule has 0 aromatic carbocycles. The van der Waals surface area contributed by atoms with Crippen LogP contribution in [0.1, 0.15) is 33.0 Å². The number of ether oxygens (including phenoxy) is 1. The predicted molar refractivity (Wildman–Crippen MR) is 76.7 cm³/mol. The number of likely N-dealkylation sites (tertiary alicyclic amines) is 1. The number of hydrogen-bond donors (Lipinski definition) is 0. The lowest BCUT2D eigenvalue weighted by Crippen LogP contribution is -2.35. The number of carbonyl (C=O) groups excluding carboxylic acids is 1. The molecule has 110 valence electrons. The maximum atomic E-state index is 12.0. The molecule has 6 heteroatoms. The molecule has 20 heavy (non-hydrogen) atoms. The van der Waals surface area contributed by atoms with Crippen molar-refractivity contribution in [2.45, 2.75) is 39.2 Å². The minimum absolute atomic E-state index is 0.239. The summed E-state index contributed by atoms with van der Waals surface area (Å²) < 4.78 is 5.37. The highest BCUT2D eigenvalue weighted by Crippen LogP contribution is 2.22. The Morgan fingerprint density at radius 2 is 2.10 bits per heavy atom. The Hall–Kier alpha value is -1.36. The van der Waals surface area contributed by atoms with Gasteiger partial charge in [0.15, 0.2) is 0 Å². The van der Waals surface area contributed by atoms with Gasteiger partial charge in [-0.1, -0.05) is 11.6 Å². The van der Waals surface area contributed by atoms with Gasteiger partial charge < -0.3 is 9.64 Å². The Kier molecular flexibility index (Phi) is 4.48. The van der Waals surface area contributed by atoms with Crippen molar-refractivity contribution in [3.8, 4) is 0 Å². The molecule has 2 heterocycles. The van der Waals surface area contributed by atoms with Crippen molar-refractivity contribution in [3.63, 3.8) is 0 Å². The Morgan fingerprint density at radius 3 is 2.70 bits per heavy atom. The van der Waals surface area contributed by atoms with E-state index in [4.69, 9.17) is 16.3 Å². The number of rotatable bonds is 2. The molecule has 0 spiro atoms. The van der Waals surface area contributed by atoms with Gasteiger partial charge in [-0.3, -0.25) is 0 Å². The summed E-state index contributed by atoms with van der Waals surface area (Å²) in [5.74, 6) is 1.15. The molecule has 0 radical (unpaired) electrons. The number of aromatic nitrogens is 2. The summed E-state index contributed by atoms with van der Waals surface area (Å²) in [4.78, 5) is 22.1. The number of carbonyl (C=O) groups is 1. The zero-order valence-electron chi connectivity index (χ0n) is 12.1. The molecule has 0 saturated carbocycles. The second-order valence-corrected chi connectivity index (χ2v) is 6.54. The first-order valence-corrected chi connectivity index (χ1v) is 7.15. The molecule has 1 fully saturated rings. The molecule has 1 aliphatic heterocycles. The molecule has 2 rings (SSSR count). The summed E-state index contributed by atoms with van der Waals surface area (Å²) in [6.07, 6.45) is 4.67. The second kappa shape index (κ2) is 5.95. The lowest BCUT2D eigenvalue weighted by Gasteiger charge is -2.24. The lowest BCUT2D eigenvalue weighted by atomic mass is 10.0. The van der Waals surface area contributed by atoms with Gasteiger partial charge in [0.05, 0.1) is 5.02 Å². The van der Waals surface area contributed by atoms with E-state index in [1.165, 1.54) is 0 Å². The molecule has 1 atom stereocenters. The van der Waals surface area contributed by atoms with E-state index in [1.54, 1.807) is 17.3 Å². The highest BCUT2D eigenvalue weighted by Gasteiger charge is 2.30. The van der Waals surface area contributed by atoms with Gasteiger partial charge in [0.2, 0.25) is 0 Å². The molecule has 0 unspecified atom stereocenters. The van der Waals surface area contributed by atoms with E-state index in [9.17, 15) is 4.79 Å². The first-order valence-electron chi connectivity index (χ1n) is 6.78. The fourth-order valence-corrected chi connectivity index (χ4v) is 2.29. The quantitative estimate of drug-likeness (QED) is 0.842. The van der Waals surface area contributed by atoms with Crippen LogP contribution in [0.3, 0.4) is 0 Å². The van der Waals surface area contributed by atoms with Gasteiger partial charge in [0, 0.05) is 31.9 Å². The molecule has 1 aromatic rings. The minimum Gasteiger partial charge on any atom is -0.444 e. The Bertz CT molecular complexity index is 470. The van der Waals surface area contributed by atoms with Gasteiger partial charge in [-0.2, -0.15) is 0 Å². The van der Waals surface area contributed by atoms with Gasteiger partial charge in [-0.05, 0) is 33.1 Å². The Labute approximate surface area is 124 Å². The van der Waals surface area contributed by atoms with E-state index in [0.29, 0.717) is 17.5 Å². The van der Waals surface area contributed by atoms with Crippen molar-refractivity contribution in [1.29, 1.82) is 0 Å². The van der Waals surface area contributed by atoms with Crippen molar-refractivity contribution < 1.29 is 9.53 Å². The molecule has 0 aliphatic carbocycles. The van der Waals surface area contributed by atoms with Crippen LogP contribution in [0, 0.1) is 5.92 Å². The summed E-state index contributed by atoms with van der Waals surface area (Å²) in [5, 5.41) is 0.538. The SMILES string of the molecule is CC(C)(C)OC(=O)N1CC[C@@H](Cc2ncc(Cl)cn2)C1. The smallest absolute Gasteiger partial charge is 0.410 e. The average molecular weight is 298 g/mol. The highest BCUT2D eigenvalue weighted by atomic mass is 35.5. The van der Waals surface area contributed by atoms with Gasteiger partial charge in [-0.25, -0.2) is 14.8 Å². The predicted octanol–water partition coefficient (Wildman–Crippen LogP) is 2.93. The molecule has 5 nitrogen and oxygen atoms in total. The molecule has 1 aliphatic rings. The molecular formula is C14H20ClN3O2. The van der Waals surface area contributed by atoms with Crippen LogP contribution in [-0.4, -0.2) is 39.7 Å². The van der Waals surface area contributed by atoms with Gasteiger partial charge in [0.25, 0.3) is 0 Å². The number of nitrogens with zero attached hydrogens (tertiary/aromatic N) is 3. The summed E-state index contributed by atoms with van der Waals surface area (Å²) in [5.41, 5.74) is -0.450. The summed E-state index contributed by atoms with van der Waals surface area (Å²) in [6, 6.07) is 0. The Balaban J connectivity index is 1.86. The number of halogens is 1. The van der Waals surface area contributed by atoms with Gasteiger partial charge in [-0.15, -0.1) is 0 Å². The van der Waals surface area contributed by atoms with Crippen molar-refractivity contribution in [2.24, 2.45) is 5.92 Å². The van der Waals surface area contributed by atoms with E-state index >= 15 is 0 Å². The van der Waals surface area contributed by atoms with Gasteiger partial charge in [0.1, 0.15) is 11.4 Å². The van der Waals surface area contributed by atoms with Crippen LogP contribution in [-0.2, 0) is 11.2 Å². The van der Waals surface area contributed by atoms with E-state index in [0.717, 1.165) is 25.2 Å². The third-order valence-electron chi connectivity index (χ3n) is 3.08. The normalized spacial score (nSPS) is 19.2. The average Bonchev–Trinajstić information content (AvgIpc) is 2.79. The molecule has 0 bridgehead atoms. The third kappa shape index (κ3) is 4.34. The monoisotopic (exact) mass is 297 g/mol. The first kappa shape index (κ1) is 15.0. The third-order valence-corrected chi connectivity index (χ3v) is 3.28. The van der Waals surface area contributed by atoms with Crippen LogP contribution >= 0.6 is 11.6 Å². The standard InChI is InChI=1S/C14H20ClN3O2/c1-14(2,3)20-13(19)18-5-4-10(9-18)6-12-16-7-11(15)8-17-12/h7-8,10H,4-6,9H2,1-3H3/t10-/m0/s1. The van der Waals surface area contributed by atoms with E-state index in [2.05, 4.69) is 9.97 Å². The summed E-state index contributed by atoms with van der Waals surface area (Å²) >= 11 is 5.76.